The van der Waals surface area contributed by atoms with Crippen LogP contribution in [0.25, 0.3) is 0 Å². The van der Waals surface area contributed by atoms with Crippen molar-refractivity contribution in [3.05, 3.63) is 15.6 Å². The Hall–Kier alpha value is -1.03. The summed E-state index contributed by atoms with van der Waals surface area (Å²) in [7, 11) is -3.44. The van der Waals surface area contributed by atoms with E-state index < -0.39 is 16.0 Å². The first-order chi connectivity index (χ1) is 9.37. The normalized spacial score (nSPS) is 19.4. The summed E-state index contributed by atoms with van der Waals surface area (Å²) < 4.78 is 31.4. The number of carboxylic acid groups (broad SMARTS) is 1. The van der Waals surface area contributed by atoms with Crippen LogP contribution in [-0.2, 0) is 21.3 Å². The zero-order chi connectivity index (χ0) is 14.8. The zero-order valence-corrected chi connectivity index (χ0v) is 12.6. The summed E-state index contributed by atoms with van der Waals surface area (Å²) in [6, 6.07) is 0. The fourth-order valence-corrected chi connectivity index (χ4v) is 4.14. The first-order valence-corrected chi connectivity index (χ1v) is 8.63. The summed E-state index contributed by atoms with van der Waals surface area (Å²) in [5.41, 5.74) is 0.399. The van der Waals surface area contributed by atoms with E-state index in [2.05, 4.69) is 9.71 Å². The van der Waals surface area contributed by atoms with Crippen LogP contribution in [-0.4, -0.2) is 42.9 Å². The maximum absolute atomic E-state index is 11.9. The van der Waals surface area contributed by atoms with Crippen LogP contribution < -0.4 is 4.72 Å². The van der Waals surface area contributed by atoms with Gasteiger partial charge < -0.3 is 9.84 Å². The zero-order valence-electron chi connectivity index (χ0n) is 11.0. The number of carbonyl (C=O) groups is 1. The average Bonchev–Trinajstić information content (AvgIpc) is 2.95. The van der Waals surface area contributed by atoms with Crippen molar-refractivity contribution >= 4 is 27.3 Å². The second-order valence-electron chi connectivity index (χ2n) is 4.56. The number of hydrogen-bond donors (Lipinski definition) is 2. The van der Waals surface area contributed by atoms with Crippen molar-refractivity contribution in [1.29, 1.82) is 0 Å². The molecule has 20 heavy (non-hydrogen) atoms. The number of carboxylic acids is 1. The number of aryl methyl sites for hydroxylation is 1. The molecule has 9 heteroatoms. The molecule has 0 bridgehead atoms. The van der Waals surface area contributed by atoms with Gasteiger partial charge in [0.2, 0.25) is 10.0 Å². The first-order valence-electron chi connectivity index (χ1n) is 6.16. The van der Waals surface area contributed by atoms with E-state index in [4.69, 9.17) is 9.84 Å². The van der Waals surface area contributed by atoms with Crippen LogP contribution in [0.2, 0.25) is 0 Å². The van der Waals surface area contributed by atoms with Crippen LogP contribution in [0, 0.1) is 6.92 Å². The molecule has 1 atom stereocenters. The van der Waals surface area contributed by atoms with Crippen LogP contribution >= 0.6 is 11.3 Å². The Labute approximate surface area is 121 Å². The molecule has 1 aliphatic rings. The van der Waals surface area contributed by atoms with Gasteiger partial charge in [0, 0.05) is 6.61 Å². The van der Waals surface area contributed by atoms with E-state index in [1.54, 1.807) is 6.92 Å². The molecule has 1 aromatic heterocycles. The number of hydrogen-bond acceptors (Lipinski definition) is 6. The molecular formula is C11H16N2O5S2. The van der Waals surface area contributed by atoms with E-state index in [0.29, 0.717) is 17.3 Å². The Balaban J connectivity index is 1.93. The van der Waals surface area contributed by atoms with E-state index in [-0.39, 0.29) is 23.3 Å². The quantitative estimate of drug-likeness (QED) is 0.801. The van der Waals surface area contributed by atoms with Gasteiger partial charge in [0.1, 0.15) is 9.88 Å². The van der Waals surface area contributed by atoms with Crippen molar-refractivity contribution in [3.63, 3.8) is 0 Å². The van der Waals surface area contributed by atoms with Crippen LogP contribution in [0.4, 0.5) is 0 Å². The standard InChI is InChI=1S/C11H16N2O5S2/c1-7-10(11(14)15)19-9(13-7)5-12-20(16,17)6-8-3-2-4-18-8/h8,12H,2-6H2,1H3,(H,14,15). The van der Waals surface area contributed by atoms with Gasteiger partial charge in [-0.2, -0.15) is 0 Å². The van der Waals surface area contributed by atoms with Gasteiger partial charge in [-0.3, -0.25) is 0 Å². The van der Waals surface area contributed by atoms with Crippen molar-refractivity contribution in [3.8, 4) is 0 Å². The van der Waals surface area contributed by atoms with E-state index in [9.17, 15) is 13.2 Å². The number of aromatic nitrogens is 1. The minimum Gasteiger partial charge on any atom is -0.477 e. The number of nitrogens with one attached hydrogen (secondary N) is 1. The van der Waals surface area contributed by atoms with Crippen LogP contribution in [0.1, 0.15) is 33.2 Å². The van der Waals surface area contributed by atoms with Crippen LogP contribution in [0.15, 0.2) is 0 Å². The third-order valence-corrected chi connectivity index (χ3v) is 5.45. The monoisotopic (exact) mass is 320 g/mol. The topological polar surface area (TPSA) is 106 Å². The molecule has 7 nitrogen and oxygen atoms in total. The van der Waals surface area contributed by atoms with Gasteiger partial charge in [-0.15, -0.1) is 11.3 Å². The summed E-state index contributed by atoms with van der Waals surface area (Å²) in [5.74, 6) is -1.11. The number of ether oxygens (including phenoxy) is 1. The summed E-state index contributed by atoms with van der Waals surface area (Å²) in [5, 5.41) is 9.35. The predicted octanol–water partition coefficient (Wildman–Crippen LogP) is 0.748. The molecule has 0 radical (unpaired) electrons. The highest BCUT2D eigenvalue weighted by molar-refractivity contribution is 7.89. The molecule has 1 saturated heterocycles. The Morgan fingerprint density at radius 1 is 1.60 bits per heavy atom. The highest BCUT2D eigenvalue weighted by Gasteiger charge is 2.23. The smallest absolute Gasteiger partial charge is 0.347 e. The molecule has 0 saturated carbocycles. The molecule has 0 aromatic carbocycles. The van der Waals surface area contributed by atoms with E-state index in [1.165, 1.54) is 0 Å². The Morgan fingerprint density at radius 2 is 2.35 bits per heavy atom. The highest BCUT2D eigenvalue weighted by Crippen LogP contribution is 2.18. The molecule has 0 amide bonds. The molecule has 2 heterocycles. The lowest BCUT2D eigenvalue weighted by molar-refractivity contribution is 0.0701. The van der Waals surface area contributed by atoms with Crippen molar-refractivity contribution in [2.75, 3.05) is 12.4 Å². The lowest BCUT2D eigenvalue weighted by Crippen LogP contribution is -2.31. The van der Waals surface area contributed by atoms with Crippen LogP contribution in [0.3, 0.4) is 0 Å². The molecule has 112 valence electrons. The van der Waals surface area contributed by atoms with Gasteiger partial charge in [-0.05, 0) is 19.8 Å². The minimum absolute atomic E-state index is 0.00778. The SMILES string of the molecule is Cc1nc(CNS(=O)(=O)CC2CCCO2)sc1C(=O)O. The summed E-state index contributed by atoms with van der Waals surface area (Å²) >= 11 is 0.982. The molecule has 1 aliphatic heterocycles. The number of rotatable bonds is 6. The number of sulfonamides is 1. The predicted molar refractivity (Wildman–Crippen MR) is 73.4 cm³/mol. The van der Waals surface area contributed by atoms with Gasteiger partial charge in [0.25, 0.3) is 0 Å². The lowest BCUT2D eigenvalue weighted by Gasteiger charge is -2.10. The molecule has 1 fully saturated rings. The minimum atomic E-state index is -3.44. The number of aromatic carboxylic acids is 1. The maximum atomic E-state index is 11.9. The summed E-state index contributed by atoms with van der Waals surface area (Å²) in [6.45, 7) is 2.20. The fourth-order valence-electron chi connectivity index (χ4n) is 1.98. The molecule has 0 spiro atoms. The Bertz CT molecular complexity index is 590. The fraction of sp³-hybridized carbons (Fsp3) is 0.636. The van der Waals surface area contributed by atoms with Gasteiger partial charge in [0.15, 0.2) is 0 Å². The average molecular weight is 320 g/mol. The van der Waals surface area contributed by atoms with Gasteiger partial charge in [0.05, 0.1) is 24.1 Å². The van der Waals surface area contributed by atoms with Crippen molar-refractivity contribution in [2.45, 2.75) is 32.4 Å². The molecular weight excluding hydrogens is 304 g/mol. The molecule has 2 rings (SSSR count). The van der Waals surface area contributed by atoms with Gasteiger partial charge in [-0.1, -0.05) is 0 Å². The van der Waals surface area contributed by atoms with Gasteiger partial charge >= 0.3 is 5.97 Å². The molecule has 0 aliphatic carbocycles. The first kappa shape index (κ1) is 15.4. The second-order valence-corrected chi connectivity index (χ2v) is 7.50. The second kappa shape index (κ2) is 6.17. The van der Waals surface area contributed by atoms with Crippen molar-refractivity contribution in [1.82, 2.24) is 9.71 Å². The number of thiazole rings is 1. The lowest BCUT2D eigenvalue weighted by atomic mass is 10.3. The highest BCUT2D eigenvalue weighted by atomic mass is 32.2. The van der Waals surface area contributed by atoms with E-state index >= 15 is 0 Å². The van der Waals surface area contributed by atoms with Crippen molar-refractivity contribution in [2.24, 2.45) is 0 Å². The molecule has 1 aromatic rings. The molecule has 2 N–H and O–H groups in total. The van der Waals surface area contributed by atoms with E-state index in [0.717, 1.165) is 24.2 Å². The largest absolute Gasteiger partial charge is 0.477 e. The third-order valence-electron chi connectivity index (χ3n) is 2.91. The van der Waals surface area contributed by atoms with Crippen molar-refractivity contribution < 1.29 is 23.1 Å². The van der Waals surface area contributed by atoms with Gasteiger partial charge in [-0.25, -0.2) is 22.9 Å². The summed E-state index contributed by atoms with van der Waals surface area (Å²) in [4.78, 5) is 15.1. The Kier molecular flexibility index (Phi) is 4.74. The van der Waals surface area contributed by atoms with E-state index in [1.807, 2.05) is 0 Å². The van der Waals surface area contributed by atoms with Crippen LogP contribution in [0.5, 0.6) is 0 Å². The number of nitrogens with zero attached hydrogens (tertiary/aromatic N) is 1. The maximum Gasteiger partial charge on any atom is 0.347 e. The molecule has 1 unspecified atom stereocenters. The Morgan fingerprint density at radius 3 is 2.90 bits per heavy atom. The summed E-state index contributed by atoms with van der Waals surface area (Å²) in [6.07, 6.45) is 1.38. The third kappa shape index (κ3) is 3.98.